The van der Waals surface area contributed by atoms with Crippen LogP contribution in [-0.4, -0.2) is 12.4 Å². The molecule has 0 saturated carbocycles. The number of ketones is 1. The molecule has 0 aliphatic rings. The summed E-state index contributed by atoms with van der Waals surface area (Å²) in [5.41, 5.74) is 0.718. The highest BCUT2D eigenvalue weighted by molar-refractivity contribution is 5.98. The van der Waals surface area contributed by atoms with Crippen molar-refractivity contribution in [1.82, 2.24) is 0 Å². The Bertz CT molecular complexity index is 385. The van der Waals surface area contributed by atoms with Crippen LogP contribution < -0.4 is 4.74 Å². The molecule has 0 aliphatic heterocycles. The molecule has 1 aromatic carbocycles. The van der Waals surface area contributed by atoms with Crippen LogP contribution in [0.15, 0.2) is 24.3 Å². The molecule has 0 saturated heterocycles. The Morgan fingerprint density at radius 3 is 2.58 bits per heavy atom. The number of hydrogen-bond donors (Lipinski definition) is 0. The summed E-state index contributed by atoms with van der Waals surface area (Å²) in [6.07, 6.45) is 5.33. The van der Waals surface area contributed by atoms with Gasteiger partial charge in [-0.1, -0.05) is 52.2 Å². The van der Waals surface area contributed by atoms with Gasteiger partial charge in [-0.3, -0.25) is 4.79 Å². The topological polar surface area (TPSA) is 26.3 Å². The average Bonchev–Trinajstić information content (AvgIpc) is 2.47. The molecule has 0 aromatic heterocycles. The fourth-order valence-corrected chi connectivity index (χ4v) is 2.12. The molecule has 0 bridgehead atoms. The maximum absolute atomic E-state index is 11.8. The van der Waals surface area contributed by atoms with Gasteiger partial charge >= 0.3 is 0 Å². The Hall–Kier alpha value is -1.31. The van der Waals surface area contributed by atoms with E-state index in [0.29, 0.717) is 18.9 Å². The molecule has 2 nitrogen and oxygen atoms in total. The largest absolute Gasteiger partial charge is 0.493 e. The van der Waals surface area contributed by atoms with Crippen molar-refractivity contribution >= 4 is 5.78 Å². The Kier molecular flexibility index (Phi) is 7.24. The summed E-state index contributed by atoms with van der Waals surface area (Å²) < 4.78 is 5.89. The number of rotatable bonds is 9. The second kappa shape index (κ2) is 8.73. The SMILES string of the molecule is CCCCC(CC)COc1ccccc1C(=O)CC. The van der Waals surface area contributed by atoms with E-state index in [1.54, 1.807) is 0 Å². The van der Waals surface area contributed by atoms with Crippen LogP contribution in [0.1, 0.15) is 63.2 Å². The van der Waals surface area contributed by atoms with E-state index in [1.165, 1.54) is 19.3 Å². The van der Waals surface area contributed by atoms with Crippen LogP contribution >= 0.6 is 0 Å². The molecule has 1 atom stereocenters. The first-order valence-electron chi connectivity index (χ1n) is 7.47. The molecule has 0 heterocycles. The third kappa shape index (κ3) is 5.06. The lowest BCUT2D eigenvalue weighted by Gasteiger charge is -2.17. The van der Waals surface area contributed by atoms with Gasteiger partial charge in [0, 0.05) is 6.42 Å². The molecule has 0 N–H and O–H groups in total. The maximum atomic E-state index is 11.8. The van der Waals surface area contributed by atoms with Gasteiger partial charge in [-0.15, -0.1) is 0 Å². The normalized spacial score (nSPS) is 12.2. The summed E-state index contributed by atoms with van der Waals surface area (Å²) in [6.45, 7) is 7.01. The fraction of sp³-hybridized carbons (Fsp3) is 0.588. The van der Waals surface area contributed by atoms with Gasteiger partial charge in [0.05, 0.1) is 12.2 Å². The van der Waals surface area contributed by atoms with Crippen molar-refractivity contribution in [1.29, 1.82) is 0 Å². The Balaban J connectivity index is 2.63. The fourth-order valence-electron chi connectivity index (χ4n) is 2.12. The molecule has 1 unspecified atom stereocenters. The summed E-state index contributed by atoms with van der Waals surface area (Å²) >= 11 is 0. The number of Topliss-reactive ketones (excluding diaryl/α,β-unsaturated/α-hetero) is 1. The smallest absolute Gasteiger partial charge is 0.166 e. The van der Waals surface area contributed by atoms with E-state index in [-0.39, 0.29) is 5.78 Å². The number of carbonyl (C=O) groups excluding carboxylic acids is 1. The molecular weight excluding hydrogens is 236 g/mol. The third-order valence-electron chi connectivity index (χ3n) is 3.53. The van der Waals surface area contributed by atoms with Gasteiger partial charge in [0.2, 0.25) is 0 Å². The van der Waals surface area contributed by atoms with Crippen molar-refractivity contribution in [3.8, 4) is 5.75 Å². The first-order valence-corrected chi connectivity index (χ1v) is 7.47. The van der Waals surface area contributed by atoms with Gasteiger partial charge in [-0.2, -0.15) is 0 Å². The van der Waals surface area contributed by atoms with Gasteiger partial charge in [0.1, 0.15) is 5.75 Å². The van der Waals surface area contributed by atoms with E-state index in [9.17, 15) is 4.79 Å². The minimum Gasteiger partial charge on any atom is -0.493 e. The first kappa shape index (κ1) is 15.7. The van der Waals surface area contributed by atoms with E-state index in [2.05, 4.69) is 13.8 Å². The van der Waals surface area contributed by atoms with Crippen molar-refractivity contribution in [2.75, 3.05) is 6.61 Å². The second-order valence-electron chi connectivity index (χ2n) is 5.00. The molecule has 0 fully saturated rings. The second-order valence-corrected chi connectivity index (χ2v) is 5.00. The Morgan fingerprint density at radius 2 is 1.95 bits per heavy atom. The lowest BCUT2D eigenvalue weighted by molar-refractivity contribution is 0.0983. The molecule has 1 rings (SSSR count). The summed E-state index contributed by atoms with van der Waals surface area (Å²) in [6, 6.07) is 7.57. The molecule has 0 radical (unpaired) electrons. The van der Waals surface area contributed by atoms with Crippen LogP contribution in [0, 0.1) is 5.92 Å². The van der Waals surface area contributed by atoms with E-state index in [0.717, 1.165) is 17.7 Å². The highest BCUT2D eigenvalue weighted by atomic mass is 16.5. The predicted molar refractivity (Wildman–Crippen MR) is 79.9 cm³/mol. The van der Waals surface area contributed by atoms with Gasteiger partial charge in [-0.25, -0.2) is 0 Å². The average molecular weight is 262 g/mol. The van der Waals surface area contributed by atoms with Gasteiger partial charge in [0.15, 0.2) is 5.78 Å². The number of ether oxygens (including phenoxy) is 1. The molecule has 0 amide bonds. The van der Waals surface area contributed by atoms with Gasteiger partial charge in [0.25, 0.3) is 0 Å². The quantitative estimate of drug-likeness (QED) is 0.593. The Labute approximate surface area is 117 Å². The molecule has 1 aromatic rings. The third-order valence-corrected chi connectivity index (χ3v) is 3.53. The zero-order valence-corrected chi connectivity index (χ0v) is 12.4. The predicted octanol–water partition coefficient (Wildman–Crippen LogP) is 4.87. The number of hydrogen-bond acceptors (Lipinski definition) is 2. The van der Waals surface area contributed by atoms with Crippen LogP contribution in [0.4, 0.5) is 0 Å². The van der Waals surface area contributed by atoms with Gasteiger partial charge < -0.3 is 4.74 Å². The maximum Gasteiger partial charge on any atom is 0.166 e. The van der Waals surface area contributed by atoms with Crippen LogP contribution in [0.25, 0.3) is 0 Å². The Morgan fingerprint density at radius 1 is 1.21 bits per heavy atom. The van der Waals surface area contributed by atoms with E-state index >= 15 is 0 Å². The minimum atomic E-state index is 0.150. The first-order chi connectivity index (χ1) is 9.22. The number of carbonyl (C=O) groups is 1. The highest BCUT2D eigenvalue weighted by Crippen LogP contribution is 2.22. The molecule has 19 heavy (non-hydrogen) atoms. The molecule has 0 spiro atoms. The zero-order chi connectivity index (χ0) is 14.1. The zero-order valence-electron chi connectivity index (χ0n) is 12.4. The van der Waals surface area contributed by atoms with Crippen LogP contribution in [-0.2, 0) is 0 Å². The van der Waals surface area contributed by atoms with Crippen molar-refractivity contribution < 1.29 is 9.53 Å². The number of unbranched alkanes of at least 4 members (excludes halogenated alkanes) is 1. The standard InChI is InChI=1S/C17H26O2/c1-4-7-10-14(5-2)13-19-17-12-9-8-11-15(17)16(18)6-3/h8-9,11-12,14H,4-7,10,13H2,1-3H3. The molecular formula is C17H26O2. The molecule has 2 heteroatoms. The summed E-state index contributed by atoms with van der Waals surface area (Å²) in [5.74, 6) is 1.48. The summed E-state index contributed by atoms with van der Waals surface area (Å²) in [4.78, 5) is 11.8. The lowest BCUT2D eigenvalue weighted by Crippen LogP contribution is -2.13. The van der Waals surface area contributed by atoms with Crippen molar-refractivity contribution in [3.05, 3.63) is 29.8 Å². The van der Waals surface area contributed by atoms with Crippen LogP contribution in [0.2, 0.25) is 0 Å². The number of para-hydroxylation sites is 1. The lowest BCUT2D eigenvalue weighted by atomic mass is 10.0. The van der Waals surface area contributed by atoms with Gasteiger partial charge in [-0.05, 0) is 24.5 Å². The van der Waals surface area contributed by atoms with E-state index < -0.39 is 0 Å². The summed E-state index contributed by atoms with van der Waals surface area (Å²) in [5, 5.41) is 0. The number of benzene rings is 1. The van der Waals surface area contributed by atoms with E-state index in [4.69, 9.17) is 4.74 Å². The van der Waals surface area contributed by atoms with Crippen molar-refractivity contribution in [2.45, 2.75) is 52.9 Å². The monoisotopic (exact) mass is 262 g/mol. The molecule has 0 aliphatic carbocycles. The van der Waals surface area contributed by atoms with Crippen LogP contribution in [0.5, 0.6) is 5.75 Å². The molecule has 106 valence electrons. The van der Waals surface area contributed by atoms with Crippen molar-refractivity contribution in [3.63, 3.8) is 0 Å². The highest BCUT2D eigenvalue weighted by Gasteiger charge is 2.12. The minimum absolute atomic E-state index is 0.150. The summed E-state index contributed by atoms with van der Waals surface area (Å²) in [7, 11) is 0. The van der Waals surface area contributed by atoms with E-state index in [1.807, 2.05) is 31.2 Å². The van der Waals surface area contributed by atoms with Crippen molar-refractivity contribution in [2.24, 2.45) is 5.92 Å². The van der Waals surface area contributed by atoms with Crippen LogP contribution in [0.3, 0.4) is 0 Å².